The van der Waals surface area contributed by atoms with Crippen LogP contribution in [0.5, 0.6) is 0 Å². The zero-order chi connectivity index (χ0) is 17.9. The van der Waals surface area contributed by atoms with E-state index in [1.54, 1.807) is 0 Å². The maximum absolute atomic E-state index is 12.7. The first kappa shape index (κ1) is 16.1. The van der Waals surface area contributed by atoms with Crippen LogP contribution in [-0.4, -0.2) is 31.4 Å². The lowest BCUT2D eigenvalue weighted by atomic mass is 10.1. The second kappa shape index (κ2) is 6.88. The molecule has 3 aromatic rings. The van der Waals surface area contributed by atoms with Crippen LogP contribution in [0, 0.1) is 0 Å². The summed E-state index contributed by atoms with van der Waals surface area (Å²) in [5.41, 5.74) is 2.17. The number of anilines is 2. The number of para-hydroxylation sites is 2. The molecule has 2 amide bonds. The van der Waals surface area contributed by atoms with Crippen molar-refractivity contribution in [1.29, 1.82) is 0 Å². The van der Waals surface area contributed by atoms with Gasteiger partial charge in [-0.05, 0) is 35.0 Å². The van der Waals surface area contributed by atoms with Crippen molar-refractivity contribution in [1.82, 2.24) is 5.32 Å². The van der Waals surface area contributed by atoms with Crippen molar-refractivity contribution >= 4 is 34.0 Å². The molecule has 4 rings (SSSR count). The van der Waals surface area contributed by atoms with Crippen molar-refractivity contribution in [2.75, 3.05) is 29.9 Å². The van der Waals surface area contributed by atoms with Crippen LogP contribution in [0.4, 0.5) is 11.4 Å². The van der Waals surface area contributed by atoms with E-state index in [2.05, 4.69) is 10.6 Å². The predicted octanol–water partition coefficient (Wildman–Crippen LogP) is 3.03. The quantitative estimate of drug-likeness (QED) is 0.767. The van der Waals surface area contributed by atoms with E-state index < -0.39 is 0 Å². The van der Waals surface area contributed by atoms with Crippen LogP contribution >= 0.6 is 0 Å². The maximum atomic E-state index is 12.7. The van der Waals surface area contributed by atoms with Crippen LogP contribution in [0.25, 0.3) is 10.8 Å². The molecular weight excluding hydrogens is 326 g/mol. The number of piperazine rings is 1. The number of nitrogens with zero attached hydrogens (tertiary/aromatic N) is 1. The summed E-state index contributed by atoms with van der Waals surface area (Å²) >= 11 is 0. The number of hydrogen-bond donors (Lipinski definition) is 2. The Hall–Kier alpha value is -3.34. The Morgan fingerprint density at radius 3 is 2.58 bits per heavy atom. The molecule has 0 atom stereocenters. The van der Waals surface area contributed by atoms with Crippen LogP contribution in [0.3, 0.4) is 0 Å². The number of fused-ring (bicyclic) bond motifs is 1. The molecule has 26 heavy (non-hydrogen) atoms. The van der Waals surface area contributed by atoms with Crippen LogP contribution in [0.1, 0.15) is 10.4 Å². The van der Waals surface area contributed by atoms with Gasteiger partial charge in [0.15, 0.2) is 0 Å². The Morgan fingerprint density at radius 1 is 0.962 bits per heavy atom. The van der Waals surface area contributed by atoms with E-state index in [0.29, 0.717) is 30.9 Å². The average Bonchev–Trinajstić information content (AvgIpc) is 2.68. The number of benzene rings is 3. The zero-order valence-corrected chi connectivity index (χ0v) is 14.2. The molecule has 1 fully saturated rings. The highest BCUT2D eigenvalue weighted by Gasteiger charge is 2.19. The number of hydrogen-bond acceptors (Lipinski definition) is 3. The van der Waals surface area contributed by atoms with Gasteiger partial charge in [0.25, 0.3) is 5.91 Å². The van der Waals surface area contributed by atoms with E-state index in [1.807, 2.05) is 71.6 Å². The summed E-state index contributed by atoms with van der Waals surface area (Å²) in [7, 11) is 0. The second-order valence-electron chi connectivity index (χ2n) is 6.30. The summed E-state index contributed by atoms with van der Waals surface area (Å²) in [5.74, 6) is -0.170. The van der Waals surface area contributed by atoms with E-state index >= 15 is 0 Å². The van der Waals surface area contributed by atoms with E-state index in [9.17, 15) is 9.59 Å². The summed E-state index contributed by atoms with van der Waals surface area (Å²) in [5, 5.41) is 7.94. The molecule has 1 aliphatic heterocycles. The highest BCUT2D eigenvalue weighted by Crippen LogP contribution is 2.27. The van der Waals surface area contributed by atoms with Crippen LogP contribution in [0.15, 0.2) is 66.7 Å². The molecule has 0 aromatic heterocycles. The van der Waals surface area contributed by atoms with Crippen molar-refractivity contribution in [2.45, 2.75) is 0 Å². The molecule has 0 aliphatic carbocycles. The number of carbonyl (C=O) groups excluding carboxylic acids is 2. The lowest BCUT2D eigenvalue weighted by Crippen LogP contribution is -2.47. The van der Waals surface area contributed by atoms with Crippen LogP contribution in [0.2, 0.25) is 0 Å². The fraction of sp³-hybridized carbons (Fsp3) is 0.143. The minimum absolute atomic E-state index is 0.00749. The molecule has 0 unspecified atom stereocenters. The lowest BCUT2D eigenvalue weighted by Gasteiger charge is -2.30. The third-order valence-electron chi connectivity index (χ3n) is 4.54. The largest absolute Gasteiger partial charge is 0.359 e. The SMILES string of the molecule is O=C1CN(c2ccccc2NC(=O)c2ccc3ccccc3c2)CCN1. The molecule has 2 N–H and O–H groups in total. The zero-order valence-electron chi connectivity index (χ0n) is 14.2. The minimum Gasteiger partial charge on any atom is -0.359 e. The normalized spacial score (nSPS) is 14.2. The van der Waals surface area contributed by atoms with Gasteiger partial charge < -0.3 is 15.5 Å². The van der Waals surface area contributed by atoms with Gasteiger partial charge in [0.2, 0.25) is 5.91 Å². The van der Waals surface area contributed by atoms with Gasteiger partial charge in [0.1, 0.15) is 0 Å². The Bertz CT molecular complexity index is 984. The summed E-state index contributed by atoms with van der Waals surface area (Å²) in [6, 6.07) is 21.2. The molecule has 0 spiro atoms. The number of amides is 2. The lowest BCUT2D eigenvalue weighted by molar-refractivity contribution is -0.120. The molecule has 1 saturated heterocycles. The molecule has 0 bridgehead atoms. The van der Waals surface area contributed by atoms with Crippen LogP contribution < -0.4 is 15.5 Å². The molecule has 1 heterocycles. The third-order valence-corrected chi connectivity index (χ3v) is 4.54. The van der Waals surface area contributed by atoms with E-state index in [-0.39, 0.29) is 11.8 Å². The first-order chi connectivity index (χ1) is 12.7. The Morgan fingerprint density at radius 2 is 1.73 bits per heavy atom. The Balaban J connectivity index is 1.60. The van der Waals surface area contributed by atoms with Gasteiger partial charge in [-0.2, -0.15) is 0 Å². The van der Waals surface area contributed by atoms with Crippen LogP contribution in [-0.2, 0) is 4.79 Å². The number of nitrogens with one attached hydrogen (secondary N) is 2. The van der Waals surface area contributed by atoms with E-state index in [0.717, 1.165) is 16.5 Å². The summed E-state index contributed by atoms with van der Waals surface area (Å²) in [6.07, 6.45) is 0. The predicted molar refractivity (Wildman–Crippen MR) is 104 cm³/mol. The van der Waals surface area contributed by atoms with Gasteiger partial charge in [-0.15, -0.1) is 0 Å². The fourth-order valence-corrected chi connectivity index (χ4v) is 3.22. The van der Waals surface area contributed by atoms with Gasteiger partial charge in [0.05, 0.1) is 17.9 Å². The summed E-state index contributed by atoms with van der Waals surface area (Å²) in [6.45, 7) is 1.61. The molecule has 0 radical (unpaired) electrons. The Kier molecular flexibility index (Phi) is 4.27. The summed E-state index contributed by atoms with van der Waals surface area (Å²) in [4.78, 5) is 26.4. The van der Waals surface area contributed by atoms with Crippen molar-refractivity contribution in [2.24, 2.45) is 0 Å². The van der Waals surface area contributed by atoms with E-state index in [4.69, 9.17) is 0 Å². The minimum atomic E-state index is -0.162. The number of carbonyl (C=O) groups is 2. The summed E-state index contributed by atoms with van der Waals surface area (Å²) < 4.78 is 0. The highest BCUT2D eigenvalue weighted by molar-refractivity contribution is 6.08. The van der Waals surface area contributed by atoms with Gasteiger partial charge >= 0.3 is 0 Å². The smallest absolute Gasteiger partial charge is 0.255 e. The molecular formula is C21H19N3O2. The number of rotatable bonds is 3. The van der Waals surface area contributed by atoms with Gasteiger partial charge in [0, 0.05) is 18.7 Å². The Labute approximate surface area is 151 Å². The monoisotopic (exact) mass is 345 g/mol. The molecule has 130 valence electrons. The first-order valence-electron chi connectivity index (χ1n) is 8.61. The third kappa shape index (κ3) is 3.24. The van der Waals surface area contributed by atoms with Crippen molar-refractivity contribution in [3.8, 4) is 0 Å². The van der Waals surface area contributed by atoms with Crippen molar-refractivity contribution < 1.29 is 9.59 Å². The molecule has 1 aliphatic rings. The van der Waals surface area contributed by atoms with Crippen molar-refractivity contribution in [3.63, 3.8) is 0 Å². The standard InChI is InChI=1S/C21H19N3O2/c25-20-14-24(12-11-22-20)19-8-4-3-7-18(19)23-21(26)17-10-9-15-5-1-2-6-16(15)13-17/h1-10,13H,11-12,14H2,(H,22,25)(H,23,26). The van der Waals surface area contributed by atoms with Gasteiger partial charge in [-0.25, -0.2) is 0 Å². The van der Waals surface area contributed by atoms with Gasteiger partial charge in [-0.1, -0.05) is 42.5 Å². The molecule has 0 saturated carbocycles. The molecule has 3 aromatic carbocycles. The highest BCUT2D eigenvalue weighted by atomic mass is 16.2. The maximum Gasteiger partial charge on any atom is 0.255 e. The van der Waals surface area contributed by atoms with E-state index in [1.165, 1.54) is 0 Å². The topological polar surface area (TPSA) is 61.4 Å². The average molecular weight is 345 g/mol. The first-order valence-corrected chi connectivity index (χ1v) is 8.61. The molecule has 5 nitrogen and oxygen atoms in total. The fourth-order valence-electron chi connectivity index (χ4n) is 3.22. The second-order valence-corrected chi connectivity index (χ2v) is 6.30. The van der Waals surface area contributed by atoms with Crippen molar-refractivity contribution in [3.05, 3.63) is 72.3 Å². The molecule has 5 heteroatoms. The van der Waals surface area contributed by atoms with Gasteiger partial charge in [-0.3, -0.25) is 9.59 Å².